The van der Waals surface area contributed by atoms with Gasteiger partial charge < -0.3 is 20.1 Å². The van der Waals surface area contributed by atoms with Crippen molar-refractivity contribution in [3.05, 3.63) is 86.1 Å². The SMILES string of the molecule is COc1ccc(CCn2c3c(c(=O)[nH]c2=O)[C@](NC(=O)c2ccccc2)(C(F)(F)F)C(=O)N3)cc1OC. The number of rotatable bonds is 7. The summed E-state index contributed by atoms with van der Waals surface area (Å²) in [6.45, 7) is -0.214. The summed E-state index contributed by atoms with van der Waals surface area (Å²) in [5, 5.41) is 3.71. The number of H-pyrrole nitrogens is 1. The van der Waals surface area contributed by atoms with Crippen LogP contribution in [0.5, 0.6) is 11.5 Å². The highest BCUT2D eigenvalue weighted by Gasteiger charge is 2.68. The summed E-state index contributed by atoms with van der Waals surface area (Å²) >= 11 is 0. The fourth-order valence-corrected chi connectivity index (χ4v) is 4.15. The molecule has 0 spiro atoms. The number of aryl methyl sites for hydroxylation is 1. The first kappa shape index (κ1) is 25.5. The highest BCUT2D eigenvalue weighted by atomic mass is 19.4. The van der Waals surface area contributed by atoms with Crippen molar-refractivity contribution in [2.24, 2.45) is 0 Å². The van der Waals surface area contributed by atoms with Gasteiger partial charge in [0.1, 0.15) is 11.4 Å². The number of hydrogen-bond acceptors (Lipinski definition) is 6. The average Bonchev–Trinajstić information content (AvgIpc) is 3.17. The van der Waals surface area contributed by atoms with Crippen LogP contribution in [0.2, 0.25) is 0 Å². The van der Waals surface area contributed by atoms with Gasteiger partial charge in [-0.15, -0.1) is 0 Å². The van der Waals surface area contributed by atoms with Crippen molar-refractivity contribution in [3.63, 3.8) is 0 Å². The molecule has 13 heteroatoms. The lowest BCUT2D eigenvalue weighted by Crippen LogP contribution is -2.62. The normalized spacial score (nSPS) is 16.6. The second kappa shape index (κ2) is 9.48. The van der Waals surface area contributed by atoms with E-state index in [-0.39, 0.29) is 18.5 Å². The van der Waals surface area contributed by atoms with E-state index < -0.39 is 46.2 Å². The van der Waals surface area contributed by atoms with Gasteiger partial charge in [0.15, 0.2) is 11.5 Å². The molecule has 2 amide bonds. The zero-order valence-corrected chi connectivity index (χ0v) is 19.6. The van der Waals surface area contributed by atoms with Crippen molar-refractivity contribution in [2.75, 3.05) is 19.5 Å². The van der Waals surface area contributed by atoms with Gasteiger partial charge in [0.25, 0.3) is 22.9 Å². The molecule has 1 aromatic heterocycles. The van der Waals surface area contributed by atoms with Crippen LogP contribution in [0.3, 0.4) is 0 Å². The number of nitrogens with one attached hydrogen (secondary N) is 3. The van der Waals surface area contributed by atoms with Gasteiger partial charge in [0, 0.05) is 12.1 Å². The first-order valence-corrected chi connectivity index (χ1v) is 10.9. The number of hydrogen-bond donors (Lipinski definition) is 3. The number of nitrogens with zero attached hydrogens (tertiary/aromatic N) is 1. The van der Waals surface area contributed by atoms with Crippen LogP contribution in [0, 0.1) is 0 Å². The number of carbonyl (C=O) groups is 2. The maximum absolute atomic E-state index is 14.5. The lowest BCUT2D eigenvalue weighted by Gasteiger charge is -2.30. The van der Waals surface area contributed by atoms with E-state index in [1.165, 1.54) is 38.5 Å². The van der Waals surface area contributed by atoms with Crippen molar-refractivity contribution in [1.82, 2.24) is 14.9 Å². The summed E-state index contributed by atoms with van der Waals surface area (Å²) in [7, 11) is 2.88. The zero-order valence-electron chi connectivity index (χ0n) is 19.6. The van der Waals surface area contributed by atoms with Crippen LogP contribution in [-0.4, -0.2) is 41.8 Å². The third-order valence-electron chi connectivity index (χ3n) is 5.98. The van der Waals surface area contributed by atoms with E-state index in [1.807, 2.05) is 10.3 Å². The molecule has 0 radical (unpaired) electrons. The Hall–Kier alpha value is -4.55. The van der Waals surface area contributed by atoms with Gasteiger partial charge in [-0.3, -0.25) is 23.9 Å². The molecule has 0 bridgehead atoms. The van der Waals surface area contributed by atoms with Gasteiger partial charge in [-0.05, 0) is 36.2 Å². The fraction of sp³-hybridized carbons (Fsp3) is 0.250. The Morgan fingerprint density at radius 2 is 1.70 bits per heavy atom. The monoisotopic (exact) mass is 518 g/mol. The quantitative estimate of drug-likeness (QED) is 0.438. The molecule has 1 atom stereocenters. The highest BCUT2D eigenvalue weighted by molar-refractivity contribution is 6.09. The second-order valence-corrected chi connectivity index (χ2v) is 8.10. The summed E-state index contributed by atoms with van der Waals surface area (Å²) in [6.07, 6.45) is -5.31. The van der Waals surface area contributed by atoms with E-state index in [1.54, 1.807) is 29.6 Å². The van der Waals surface area contributed by atoms with Gasteiger partial charge in [0.05, 0.1) is 14.2 Å². The number of methoxy groups -OCH3 is 2. The maximum Gasteiger partial charge on any atom is 0.425 e. The summed E-state index contributed by atoms with van der Waals surface area (Å²) < 4.78 is 54.7. The van der Waals surface area contributed by atoms with Crippen molar-refractivity contribution >= 4 is 17.6 Å². The molecule has 0 aliphatic carbocycles. The Kier molecular flexibility index (Phi) is 6.55. The molecule has 37 heavy (non-hydrogen) atoms. The number of ether oxygens (including phenoxy) is 2. The molecule has 0 saturated heterocycles. The first-order chi connectivity index (χ1) is 17.5. The van der Waals surface area contributed by atoms with Crippen molar-refractivity contribution in [2.45, 2.75) is 24.7 Å². The number of amides is 2. The minimum Gasteiger partial charge on any atom is -0.493 e. The Labute approximate surface area is 207 Å². The number of halogens is 3. The number of alkyl halides is 3. The Morgan fingerprint density at radius 3 is 2.32 bits per heavy atom. The molecule has 10 nitrogen and oxygen atoms in total. The Bertz CT molecular complexity index is 1480. The molecule has 4 rings (SSSR count). The minimum atomic E-state index is -5.43. The van der Waals surface area contributed by atoms with Crippen LogP contribution in [0.25, 0.3) is 0 Å². The number of aromatic amines is 1. The number of anilines is 1. The predicted molar refractivity (Wildman–Crippen MR) is 125 cm³/mol. The van der Waals surface area contributed by atoms with E-state index in [0.29, 0.717) is 17.1 Å². The summed E-state index contributed by atoms with van der Waals surface area (Å²) in [5.41, 5.74) is -6.86. The van der Waals surface area contributed by atoms with Crippen molar-refractivity contribution < 1.29 is 32.2 Å². The molecule has 3 N–H and O–H groups in total. The molecular formula is C24H21F3N4O6. The summed E-state index contributed by atoms with van der Waals surface area (Å²) in [5.74, 6) is -2.75. The van der Waals surface area contributed by atoms with Crippen LogP contribution in [0.15, 0.2) is 58.1 Å². The molecule has 2 heterocycles. The van der Waals surface area contributed by atoms with Crippen LogP contribution in [0.1, 0.15) is 21.5 Å². The summed E-state index contributed by atoms with van der Waals surface area (Å²) in [6, 6.07) is 11.8. The third-order valence-corrected chi connectivity index (χ3v) is 5.98. The topological polar surface area (TPSA) is 132 Å². The van der Waals surface area contributed by atoms with Crippen LogP contribution < -0.4 is 31.4 Å². The molecule has 2 aromatic carbocycles. The van der Waals surface area contributed by atoms with Gasteiger partial charge in [-0.1, -0.05) is 24.3 Å². The lowest BCUT2D eigenvalue weighted by atomic mass is 9.91. The molecule has 1 aliphatic heterocycles. The van der Waals surface area contributed by atoms with Gasteiger partial charge in [-0.25, -0.2) is 4.79 Å². The number of aromatic nitrogens is 2. The second-order valence-electron chi connectivity index (χ2n) is 8.10. The standard InChI is InChI=1S/C24H21F3N4O6/c1-36-15-9-8-13(12-16(15)37-2)10-11-31-18-17(20(33)29-22(31)35)23(21(34)28-18,24(25,26)27)30-19(32)14-6-4-3-5-7-14/h3-9,12H,10-11H2,1-2H3,(H,28,34)(H,30,32)(H,29,33,35)/t23-/m1/s1. The smallest absolute Gasteiger partial charge is 0.425 e. The molecule has 0 fully saturated rings. The number of benzene rings is 2. The van der Waals surface area contributed by atoms with E-state index in [9.17, 15) is 32.3 Å². The average molecular weight is 518 g/mol. The van der Waals surface area contributed by atoms with Gasteiger partial charge in [-0.2, -0.15) is 13.2 Å². The molecule has 1 aliphatic rings. The van der Waals surface area contributed by atoms with E-state index in [4.69, 9.17) is 9.47 Å². The largest absolute Gasteiger partial charge is 0.493 e. The van der Waals surface area contributed by atoms with Crippen LogP contribution >= 0.6 is 0 Å². The van der Waals surface area contributed by atoms with E-state index in [0.717, 1.165) is 4.57 Å². The third kappa shape index (κ3) is 4.32. The van der Waals surface area contributed by atoms with Crippen LogP contribution in [0.4, 0.5) is 19.0 Å². The van der Waals surface area contributed by atoms with Crippen LogP contribution in [-0.2, 0) is 23.3 Å². The Morgan fingerprint density at radius 1 is 1.03 bits per heavy atom. The maximum atomic E-state index is 14.5. The number of fused-ring (bicyclic) bond motifs is 1. The highest BCUT2D eigenvalue weighted by Crippen LogP contribution is 2.45. The minimum absolute atomic E-state index is 0.115. The molecular weight excluding hydrogens is 497 g/mol. The Balaban J connectivity index is 1.78. The number of carbonyl (C=O) groups excluding carboxylic acids is 2. The van der Waals surface area contributed by atoms with Gasteiger partial charge in [0.2, 0.25) is 0 Å². The molecule has 0 unspecified atom stereocenters. The first-order valence-electron chi connectivity index (χ1n) is 10.9. The predicted octanol–water partition coefficient (Wildman–Crippen LogP) is 1.94. The van der Waals surface area contributed by atoms with E-state index >= 15 is 0 Å². The lowest BCUT2D eigenvalue weighted by molar-refractivity contribution is -0.196. The van der Waals surface area contributed by atoms with Gasteiger partial charge >= 0.3 is 11.9 Å². The zero-order chi connectivity index (χ0) is 27.0. The molecule has 3 aromatic rings. The molecule has 194 valence electrons. The fourth-order valence-electron chi connectivity index (χ4n) is 4.15. The van der Waals surface area contributed by atoms with E-state index in [2.05, 4.69) is 0 Å². The molecule has 0 saturated carbocycles. The van der Waals surface area contributed by atoms with Crippen molar-refractivity contribution in [3.8, 4) is 11.5 Å². The summed E-state index contributed by atoms with van der Waals surface area (Å²) in [4.78, 5) is 52.7. The van der Waals surface area contributed by atoms with Crippen molar-refractivity contribution in [1.29, 1.82) is 0 Å².